The molecule has 5 heteroatoms. The van der Waals surface area contributed by atoms with Crippen LogP contribution < -0.4 is 0 Å². The van der Waals surface area contributed by atoms with Gasteiger partial charge in [0.05, 0.1) is 18.6 Å². The zero-order valence-electron chi connectivity index (χ0n) is 13.2. The Morgan fingerprint density at radius 2 is 1.79 bits per heavy atom. The highest BCUT2D eigenvalue weighted by Gasteiger charge is 2.25. The first-order chi connectivity index (χ1) is 8.72. The van der Waals surface area contributed by atoms with E-state index in [0.717, 1.165) is 12.8 Å². The Bertz CT molecular complexity index is 298. The molecule has 0 aromatic heterocycles. The first-order valence-corrected chi connectivity index (χ1v) is 6.87. The first-order valence-electron chi connectivity index (χ1n) is 6.87. The Labute approximate surface area is 116 Å². The smallest absolute Gasteiger partial charge is 0.305 e. The number of methoxy groups -OCH3 is 1. The summed E-state index contributed by atoms with van der Waals surface area (Å²) in [5.41, 5.74) is -1.02. The highest BCUT2D eigenvalue weighted by molar-refractivity contribution is 5.69. The molecule has 1 unspecified atom stereocenters. The minimum atomic E-state index is -0.767. The molecule has 112 valence electrons. The lowest BCUT2D eigenvalue weighted by molar-refractivity contribution is -0.145. The summed E-state index contributed by atoms with van der Waals surface area (Å²) in [7, 11) is 1.57. The Balaban J connectivity index is 4.24. The molecule has 5 nitrogen and oxygen atoms in total. The molecule has 0 aliphatic carbocycles. The van der Waals surface area contributed by atoms with E-state index in [9.17, 15) is 4.79 Å². The van der Waals surface area contributed by atoms with Gasteiger partial charge in [0, 0.05) is 13.5 Å². The Morgan fingerprint density at radius 1 is 1.16 bits per heavy atom. The van der Waals surface area contributed by atoms with E-state index >= 15 is 0 Å². The average molecular weight is 272 g/mol. The van der Waals surface area contributed by atoms with Crippen molar-refractivity contribution < 1.29 is 14.3 Å². The maximum atomic E-state index is 11.5. The third kappa shape index (κ3) is 9.59. The molecule has 0 bridgehead atoms. The van der Waals surface area contributed by atoms with Crippen molar-refractivity contribution in [1.82, 2.24) is 0 Å². The van der Waals surface area contributed by atoms with Crippen LogP contribution >= 0.6 is 0 Å². The number of hydrogen-bond acceptors (Lipinski definition) is 5. The van der Waals surface area contributed by atoms with E-state index in [-0.39, 0.29) is 17.9 Å². The van der Waals surface area contributed by atoms with Gasteiger partial charge in [0.1, 0.15) is 0 Å². The molecule has 0 heterocycles. The fraction of sp³-hybridized carbons (Fsp3) is 0.929. The van der Waals surface area contributed by atoms with Crippen molar-refractivity contribution in [3.63, 3.8) is 0 Å². The van der Waals surface area contributed by atoms with Crippen LogP contribution in [0.25, 0.3) is 0 Å². The van der Waals surface area contributed by atoms with Gasteiger partial charge in [-0.3, -0.25) is 4.79 Å². The number of unbranched alkanes of at least 4 members (excludes halogenated alkanes) is 1. The van der Waals surface area contributed by atoms with Crippen LogP contribution in [-0.4, -0.2) is 30.9 Å². The third-order valence-electron chi connectivity index (χ3n) is 2.56. The molecule has 0 aromatic carbocycles. The zero-order valence-corrected chi connectivity index (χ0v) is 13.2. The molecular weight excluding hydrogens is 244 g/mol. The number of ether oxygens (including phenoxy) is 2. The quantitative estimate of drug-likeness (QED) is 0.384. The average Bonchev–Trinajstić information content (AvgIpc) is 2.33. The van der Waals surface area contributed by atoms with E-state index in [4.69, 9.17) is 9.47 Å². The van der Waals surface area contributed by atoms with E-state index in [1.54, 1.807) is 7.11 Å². The summed E-state index contributed by atoms with van der Waals surface area (Å²) in [6.07, 6.45) is 2.67. The molecule has 0 fully saturated rings. The molecule has 0 N–H and O–H groups in total. The summed E-state index contributed by atoms with van der Waals surface area (Å²) in [5.74, 6) is -0.206. The van der Waals surface area contributed by atoms with Gasteiger partial charge < -0.3 is 9.47 Å². The van der Waals surface area contributed by atoms with Crippen molar-refractivity contribution in [3.05, 3.63) is 0 Å². The maximum Gasteiger partial charge on any atom is 0.305 e. The summed E-state index contributed by atoms with van der Waals surface area (Å²) in [4.78, 5) is 11.5. The molecule has 0 aromatic rings. The number of carbonyl (C=O) groups is 1. The van der Waals surface area contributed by atoms with Crippen LogP contribution in [0.2, 0.25) is 0 Å². The zero-order chi connectivity index (χ0) is 14.9. The van der Waals surface area contributed by atoms with Crippen molar-refractivity contribution in [2.24, 2.45) is 10.2 Å². The van der Waals surface area contributed by atoms with E-state index in [1.165, 1.54) is 0 Å². The van der Waals surface area contributed by atoms with Gasteiger partial charge in [-0.05, 0) is 34.1 Å². The third-order valence-corrected chi connectivity index (χ3v) is 2.56. The van der Waals surface area contributed by atoms with Gasteiger partial charge in [0.15, 0.2) is 5.72 Å². The van der Waals surface area contributed by atoms with E-state index in [2.05, 4.69) is 17.2 Å². The highest BCUT2D eigenvalue weighted by atomic mass is 16.5. The monoisotopic (exact) mass is 272 g/mol. The molecule has 1 atom stereocenters. The lowest BCUT2D eigenvalue weighted by Gasteiger charge is -2.23. The number of esters is 1. The Morgan fingerprint density at radius 3 is 2.26 bits per heavy atom. The second-order valence-electron chi connectivity index (χ2n) is 5.82. The number of hydrogen-bond donors (Lipinski definition) is 0. The molecule has 19 heavy (non-hydrogen) atoms. The second kappa shape index (κ2) is 8.25. The minimum Gasteiger partial charge on any atom is -0.466 e. The molecule has 0 aliphatic rings. The van der Waals surface area contributed by atoms with Crippen molar-refractivity contribution in [3.8, 4) is 0 Å². The van der Waals surface area contributed by atoms with Crippen LogP contribution in [0.1, 0.15) is 60.3 Å². The highest BCUT2D eigenvalue weighted by Crippen LogP contribution is 2.21. The van der Waals surface area contributed by atoms with E-state index < -0.39 is 5.72 Å². The van der Waals surface area contributed by atoms with Crippen molar-refractivity contribution in [1.29, 1.82) is 0 Å². The molecule has 0 radical (unpaired) electrons. The largest absolute Gasteiger partial charge is 0.466 e. The van der Waals surface area contributed by atoms with Crippen LogP contribution in [0.3, 0.4) is 0 Å². The molecule has 0 aliphatic heterocycles. The van der Waals surface area contributed by atoms with Crippen molar-refractivity contribution in [2.75, 3.05) is 13.7 Å². The molecule has 0 amide bonds. The molecule has 0 rings (SSSR count). The summed E-state index contributed by atoms with van der Waals surface area (Å²) in [5, 5.41) is 8.41. The summed E-state index contributed by atoms with van der Waals surface area (Å²) >= 11 is 0. The topological polar surface area (TPSA) is 60.2 Å². The number of rotatable bonds is 8. The summed E-state index contributed by atoms with van der Waals surface area (Å²) in [6.45, 7) is 10.3. The SMILES string of the molecule is CCCCOC(=O)CCC(C)(N=NC(C)(C)C)OC. The Kier molecular flexibility index (Phi) is 7.83. The van der Waals surface area contributed by atoms with Gasteiger partial charge in [-0.25, -0.2) is 0 Å². The number of carbonyl (C=O) groups excluding carboxylic acids is 1. The molecule has 0 saturated carbocycles. The van der Waals surface area contributed by atoms with E-state index in [1.807, 2.05) is 27.7 Å². The van der Waals surface area contributed by atoms with Gasteiger partial charge in [0.2, 0.25) is 0 Å². The lowest BCUT2D eigenvalue weighted by atomic mass is 10.1. The van der Waals surface area contributed by atoms with Crippen LogP contribution in [0.15, 0.2) is 10.2 Å². The summed E-state index contributed by atoms with van der Waals surface area (Å²) < 4.78 is 10.4. The lowest BCUT2D eigenvalue weighted by Crippen LogP contribution is -2.26. The number of nitrogens with zero attached hydrogens (tertiary/aromatic N) is 2. The van der Waals surface area contributed by atoms with Gasteiger partial charge >= 0.3 is 5.97 Å². The molecule has 0 saturated heterocycles. The van der Waals surface area contributed by atoms with Gasteiger partial charge in [-0.1, -0.05) is 13.3 Å². The maximum absolute atomic E-state index is 11.5. The minimum absolute atomic E-state index is 0.206. The first kappa shape index (κ1) is 18.0. The van der Waals surface area contributed by atoms with Crippen LogP contribution in [0.4, 0.5) is 0 Å². The van der Waals surface area contributed by atoms with E-state index in [0.29, 0.717) is 13.0 Å². The Hall–Kier alpha value is -0.970. The molecule has 0 spiro atoms. The van der Waals surface area contributed by atoms with Crippen molar-refractivity contribution >= 4 is 5.97 Å². The van der Waals surface area contributed by atoms with Crippen LogP contribution in [0.5, 0.6) is 0 Å². The normalized spacial score (nSPS) is 15.5. The fourth-order valence-electron chi connectivity index (χ4n) is 1.19. The predicted octanol–water partition coefficient (Wildman–Crippen LogP) is 3.72. The van der Waals surface area contributed by atoms with Crippen molar-refractivity contribution in [2.45, 2.75) is 71.6 Å². The molecular formula is C14H28N2O3. The van der Waals surface area contributed by atoms with Crippen LogP contribution in [-0.2, 0) is 14.3 Å². The van der Waals surface area contributed by atoms with Gasteiger partial charge in [-0.15, -0.1) is 0 Å². The van der Waals surface area contributed by atoms with Gasteiger partial charge in [0.25, 0.3) is 0 Å². The predicted molar refractivity (Wildman–Crippen MR) is 75.1 cm³/mol. The second-order valence-corrected chi connectivity index (χ2v) is 5.82. The summed E-state index contributed by atoms with van der Waals surface area (Å²) in [6, 6.07) is 0. The standard InChI is InChI=1S/C14H28N2O3/c1-7-8-11-19-12(17)9-10-14(5,18-6)16-15-13(2,3)4/h7-11H2,1-6H3. The van der Waals surface area contributed by atoms with Gasteiger partial charge in [-0.2, -0.15) is 10.2 Å². The van der Waals surface area contributed by atoms with Crippen LogP contribution in [0, 0.1) is 0 Å². The number of azo groups is 1. The fourth-order valence-corrected chi connectivity index (χ4v) is 1.19.